The molecule has 0 atom stereocenters. The Kier molecular flexibility index (Phi) is 4.54. The van der Waals surface area contributed by atoms with Crippen molar-refractivity contribution >= 4 is 22.5 Å². The van der Waals surface area contributed by atoms with Crippen LogP contribution in [0.5, 0.6) is 0 Å². The lowest BCUT2D eigenvalue weighted by atomic mass is 10.0. The highest BCUT2D eigenvalue weighted by Gasteiger charge is 2.22. The van der Waals surface area contributed by atoms with Crippen LogP contribution in [0, 0.1) is 13.8 Å². The Morgan fingerprint density at radius 3 is 2.63 bits per heavy atom. The number of anilines is 1. The Hall–Kier alpha value is -2.92. The number of amides is 1. The lowest BCUT2D eigenvalue weighted by molar-refractivity contribution is -0.117. The average molecular weight is 361 g/mol. The number of aryl methyl sites for hydroxylation is 2. The average Bonchev–Trinajstić information content (AvgIpc) is 2.65. The van der Waals surface area contributed by atoms with Crippen molar-refractivity contribution in [1.29, 1.82) is 0 Å². The van der Waals surface area contributed by atoms with E-state index in [0.29, 0.717) is 6.54 Å². The van der Waals surface area contributed by atoms with Gasteiger partial charge in [0.05, 0.1) is 6.54 Å². The van der Waals surface area contributed by atoms with Crippen LogP contribution in [-0.2, 0) is 17.8 Å². The molecule has 5 heteroatoms. The standard InChI is InChI=1S/C22H23N3O2/c1-14-3-6-16(7-4-14)23-21(26)13-25-10-9-20-18(12-25)22(27)17-11-15(2)5-8-19(17)24-20/h3-8,11H,9-10,12-13H2,1-2H3,(H,23,26)(H,24,27). The summed E-state index contributed by atoms with van der Waals surface area (Å²) in [6.07, 6.45) is 0.742. The number of H-pyrrole nitrogens is 1. The van der Waals surface area contributed by atoms with Gasteiger partial charge in [-0.15, -0.1) is 0 Å². The van der Waals surface area contributed by atoms with Gasteiger partial charge in [-0.1, -0.05) is 29.3 Å². The maximum absolute atomic E-state index is 12.9. The van der Waals surface area contributed by atoms with Gasteiger partial charge in [0.1, 0.15) is 0 Å². The molecule has 1 aliphatic heterocycles. The molecule has 27 heavy (non-hydrogen) atoms. The van der Waals surface area contributed by atoms with Gasteiger partial charge in [-0.2, -0.15) is 0 Å². The van der Waals surface area contributed by atoms with E-state index in [0.717, 1.165) is 51.9 Å². The molecule has 0 aliphatic carbocycles. The minimum Gasteiger partial charge on any atom is -0.358 e. The third-order valence-electron chi connectivity index (χ3n) is 5.11. The summed E-state index contributed by atoms with van der Waals surface area (Å²) in [5.74, 6) is -0.0598. The number of pyridine rings is 1. The number of benzene rings is 2. The summed E-state index contributed by atoms with van der Waals surface area (Å²) in [6.45, 7) is 5.52. The normalized spacial score (nSPS) is 14.1. The van der Waals surface area contributed by atoms with Crippen LogP contribution in [0.4, 0.5) is 5.69 Å². The summed E-state index contributed by atoms with van der Waals surface area (Å²) in [6, 6.07) is 13.6. The molecule has 1 aromatic heterocycles. The Bertz CT molecular complexity index is 1070. The molecule has 0 fully saturated rings. The van der Waals surface area contributed by atoms with Crippen molar-refractivity contribution in [3.63, 3.8) is 0 Å². The van der Waals surface area contributed by atoms with Gasteiger partial charge in [0.25, 0.3) is 0 Å². The van der Waals surface area contributed by atoms with Crippen molar-refractivity contribution < 1.29 is 4.79 Å². The van der Waals surface area contributed by atoms with Crippen LogP contribution in [-0.4, -0.2) is 28.9 Å². The molecule has 5 nitrogen and oxygen atoms in total. The van der Waals surface area contributed by atoms with E-state index in [1.165, 1.54) is 0 Å². The molecule has 3 aromatic rings. The maximum atomic E-state index is 12.9. The fourth-order valence-electron chi connectivity index (χ4n) is 3.62. The Balaban J connectivity index is 1.51. The van der Waals surface area contributed by atoms with Gasteiger partial charge >= 0.3 is 0 Å². The maximum Gasteiger partial charge on any atom is 0.238 e. The second-order valence-electron chi connectivity index (χ2n) is 7.34. The van der Waals surface area contributed by atoms with E-state index in [2.05, 4.69) is 10.3 Å². The summed E-state index contributed by atoms with van der Waals surface area (Å²) < 4.78 is 0. The first-order chi connectivity index (χ1) is 13.0. The first kappa shape index (κ1) is 17.5. The summed E-state index contributed by atoms with van der Waals surface area (Å²) in [5.41, 5.74) is 5.75. The fourth-order valence-corrected chi connectivity index (χ4v) is 3.62. The van der Waals surface area contributed by atoms with Crippen molar-refractivity contribution in [3.05, 3.63) is 75.1 Å². The van der Waals surface area contributed by atoms with Crippen LogP contribution in [0.1, 0.15) is 22.4 Å². The minimum atomic E-state index is -0.0598. The lowest BCUT2D eigenvalue weighted by Gasteiger charge is -2.27. The van der Waals surface area contributed by atoms with Crippen LogP contribution < -0.4 is 10.7 Å². The van der Waals surface area contributed by atoms with Gasteiger partial charge in [-0.3, -0.25) is 14.5 Å². The van der Waals surface area contributed by atoms with Crippen LogP contribution in [0.2, 0.25) is 0 Å². The molecule has 0 saturated heterocycles. The summed E-state index contributed by atoms with van der Waals surface area (Å²) in [4.78, 5) is 30.8. The molecule has 0 radical (unpaired) electrons. The number of carbonyl (C=O) groups excluding carboxylic acids is 1. The predicted molar refractivity (Wildman–Crippen MR) is 108 cm³/mol. The number of fused-ring (bicyclic) bond motifs is 2. The largest absolute Gasteiger partial charge is 0.358 e. The van der Waals surface area contributed by atoms with E-state index >= 15 is 0 Å². The zero-order chi connectivity index (χ0) is 19.0. The highest BCUT2D eigenvalue weighted by molar-refractivity contribution is 5.92. The second kappa shape index (κ2) is 7.00. The Labute approximate surface area is 158 Å². The zero-order valence-electron chi connectivity index (χ0n) is 15.6. The molecular weight excluding hydrogens is 338 g/mol. The quantitative estimate of drug-likeness (QED) is 0.753. The number of aromatic nitrogens is 1. The minimum absolute atomic E-state index is 0.0598. The molecule has 0 unspecified atom stereocenters. The van der Waals surface area contributed by atoms with Gasteiger partial charge < -0.3 is 10.3 Å². The zero-order valence-corrected chi connectivity index (χ0v) is 15.6. The molecule has 138 valence electrons. The lowest BCUT2D eigenvalue weighted by Crippen LogP contribution is -2.39. The third-order valence-corrected chi connectivity index (χ3v) is 5.11. The number of hydrogen-bond donors (Lipinski definition) is 2. The summed E-state index contributed by atoms with van der Waals surface area (Å²) >= 11 is 0. The van der Waals surface area contributed by atoms with Gasteiger partial charge in [0.15, 0.2) is 5.43 Å². The fraction of sp³-hybridized carbons (Fsp3) is 0.273. The van der Waals surface area contributed by atoms with Gasteiger partial charge in [-0.25, -0.2) is 0 Å². The van der Waals surface area contributed by atoms with Gasteiger partial charge in [0.2, 0.25) is 5.91 Å². The molecular formula is C22H23N3O2. The molecule has 2 N–H and O–H groups in total. The SMILES string of the molecule is Cc1ccc(NC(=O)CN2CCc3[nH]c4ccc(C)cc4c(=O)c3C2)cc1. The van der Waals surface area contributed by atoms with E-state index in [1.54, 1.807) is 0 Å². The number of nitrogens with zero attached hydrogens (tertiary/aromatic N) is 1. The summed E-state index contributed by atoms with van der Waals surface area (Å²) in [7, 11) is 0. The van der Waals surface area contributed by atoms with Crippen molar-refractivity contribution in [2.45, 2.75) is 26.8 Å². The smallest absolute Gasteiger partial charge is 0.238 e. The monoisotopic (exact) mass is 361 g/mol. The molecule has 2 aromatic carbocycles. The highest BCUT2D eigenvalue weighted by Crippen LogP contribution is 2.19. The van der Waals surface area contributed by atoms with E-state index in [-0.39, 0.29) is 17.9 Å². The molecule has 0 bridgehead atoms. The van der Waals surface area contributed by atoms with Crippen molar-refractivity contribution in [2.75, 3.05) is 18.4 Å². The van der Waals surface area contributed by atoms with E-state index in [9.17, 15) is 9.59 Å². The van der Waals surface area contributed by atoms with E-state index in [4.69, 9.17) is 0 Å². The Morgan fingerprint density at radius 2 is 1.85 bits per heavy atom. The summed E-state index contributed by atoms with van der Waals surface area (Å²) in [5, 5.41) is 3.65. The molecule has 0 spiro atoms. The van der Waals surface area contributed by atoms with Crippen LogP contribution >= 0.6 is 0 Å². The highest BCUT2D eigenvalue weighted by atomic mass is 16.2. The predicted octanol–water partition coefficient (Wildman–Crippen LogP) is 3.14. The molecule has 0 saturated carbocycles. The molecule has 2 heterocycles. The number of carbonyl (C=O) groups is 1. The van der Waals surface area contributed by atoms with Gasteiger partial charge in [0, 0.05) is 47.4 Å². The molecule has 4 rings (SSSR count). The van der Waals surface area contributed by atoms with Crippen molar-refractivity contribution in [3.8, 4) is 0 Å². The number of aromatic amines is 1. The second-order valence-corrected chi connectivity index (χ2v) is 7.34. The number of nitrogens with one attached hydrogen (secondary N) is 2. The van der Waals surface area contributed by atoms with E-state index in [1.807, 2.05) is 61.2 Å². The van der Waals surface area contributed by atoms with Crippen molar-refractivity contribution in [2.24, 2.45) is 0 Å². The number of hydrogen-bond acceptors (Lipinski definition) is 3. The number of rotatable bonds is 3. The van der Waals surface area contributed by atoms with Crippen LogP contribution in [0.3, 0.4) is 0 Å². The Morgan fingerprint density at radius 1 is 1.11 bits per heavy atom. The van der Waals surface area contributed by atoms with Crippen LogP contribution in [0.25, 0.3) is 10.9 Å². The molecule has 1 amide bonds. The van der Waals surface area contributed by atoms with Gasteiger partial charge in [-0.05, 0) is 38.1 Å². The third kappa shape index (κ3) is 3.64. The first-order valence-electron chi connectivity index (χ1n) is 9.23. The molecule has 1 aliphatic rings. The van der Waals surface area contributed by atoms with Crippen molar-refractivity contribution in [1.82, 2.24) is 9.88 Å². The van der Waals surface area contributed by atoms with Crippen LogP contribution in [0.15, 0.2) is 47.3 Å². The van der Waals surface area contributed by atoms with E-state index < -0.39 is 0 Å². The topological polar surface area (TPSA) is 65.2 Å². The first-order valence-corrected chi connectivity index (χ1v) is 9.23.